The summed E-state index contributed by atoms with van der Waals surface area (Å²) in [6.07, 6.45) is 4.54. The van der Waals surface area contributed by atoms with Crippen LogP contribution in [0.1, 0.15) is 17.7 Å². The van der Waals surface area contributed by atoms with Gasteiger partial charge in [0.2, 0.25) is 5.88 Å². The Kier molecular flexibility index (Phi) is 4.58. The van der Waals surface area contributed by atoms with Gasteiger partial charge in [-0.25, -0.2) is 19.3 Å². The van der Waals surface area contributed by atoms with E-state index in [1.807, 2.05) is 43.0 Å². The Balaban J connectivity index is 1.51. The molecule has 0 aliphatic carbocycles. The molecule has 1 aliphatic rings. The third kappa shape index (κ3) is 3.26. The van der Waals surface area contributed by atoms with Crippen molar-refractivity contribution in [2.24, 2.45) is 0 Å². The summed E-state index contributed by atoms with van der Waals surface area (Å²) in [4.78, 5) is 15.2. The van der Waals surface area contributed by atoms with Crippen LogP contribution in [0.25, 0.3) is 22.1 Å². The number of rotatable bonds is 4. The monoisotopic (exact) mass is 404 g/mol. The van der Waals surface area contributed by atoms with Crippen molar-refractivity contribution < 1.29 is 13.5 Å². The van der Waals surface area contributed by atoms with Gasteiger partial charge in [-0.05, 0) is 55.7 Å². The standard InChI is InChI=1S/C23H21FN4O2/c1-14-11-17(30-23-19-7-10-29-20(19)5-8-25-23)3-4-18(14)21-15(2)26-13-27-22(21)28-9-6-16(24)12-28/h3-5,7-8,10-11,13,16H,6,9,12H2,1-2H3/t16-/m1/s1. The van der Waals surface area contributed by atoms with Gasteiger partial charge >= 0.3 is 0 Å². The SMILES string of the molecule is Cc1cc(Oc2nccc3occc23)ccc1-c1c(C)ncnc1N1CC[C@@H](F)C1. The average molecular weight is 404 g/mol. The Morgan fingerprint density at radius 1 is 1.13 bits per heavy atom. The first-order chi connectivity index (χ1) is 14.6. The van der Waals surface area contributed by atoms with Crippen molar-refractivity contribution >= 4 is 16.8 Å². The topological polar surface area (TPSA) is 64.3 Å². The summed E-state index contributed by atoms with van der Waals surface area (Å²) < 4.78 is 25.3. The fraction of sp³-hybridized carbons (Fsp3) is 0.261. The van der Waals surface area contributed by atoms with Crippen molar-refractivity contribution in [1.82, 2.24) is 15.0 Å². The molecule has 0 spiro atoms. The van der Waals surface area contributed by atoms with E-state index < -0.39 is 6.17 Å². The van der Waals surface area contributed by atoms with E-state index in [0.717, 1.165) is 39.2 Å². The Morgan fingerprint density at radius 3 is 2.83 bits per heavy atom. The second kappa shape index (κ2) is 7.40. The number of alkyl halides is 1. The predicted molar refractivity (Wildman–Crippen MR) is 113 cm³/mol. The zero-order valence-electron chi connectivity index (χ0n) is 16.8. The quantitative estimate of drug-likeness (QED) is 0.463. The summed E-state index contributed by atoms with van der Waals surface area (Å²) >= 11 is 0. The molecule has 0 saturated carbocycles. The lowest BCUT2D eigenvalue weighted by atomic mass is 9.99. The van der Waals surface area contributed by atoms with E-state index in [1.165, 1.54) is 0 Å². The van der Waals surface area contributed by atoms with Crippen LogP contribution in [0.4, 0.5) is 10.2 Å². The van der Waals surface area contributed by atoms with E-state index in [9.17, 15) is 4.39 Å². The number of nitrogens with zero attached hydrogens (tertiary/aromatic N) is 4. The van der Waals surface area contributed by atoms with Gasteiger partial charge in [-0.2, -0.15) is 0 Å². The van der Waals surface area contributed by atoms with Crippen molar-refractivity contribution in [2.45, 2.75) is 26.4 Å². The minimum Gasteiger partial charge on any atom is -0.464 e. The first-order valence-electron chi connectivity index (χ1n) is 9.92. The Bertz CT molecular complexity index is 1220. The molecule has 0 unspecified atom stereocenters. The molecular weight excluding hydrogens is 383 g/mol. The van der Waals surface area contributed by atoms with E-state index >= 15 is 0 Å². The van der Waals surface area contributed by atoms with Gasteiger partial charge in [-0.3, -0.25) is 0 Å². The van der Waals surface area contributed by atoms with E-state index in [-0.39, 0.29) is 0 Å². The first kappa shape index (κ1) is 18.5. The maximum absolute atomic E-state index is 13.8. The van der Waals surface area contributed by atoms with Crippen LogP contribution < -0.4 is 9.64 Å². The van der Waals surface area contributed by atoms with Crippen molar-refractivity contribution in [2.75, 3.05) is 18.0 Å². The Labute approximate surface area is 173 Å². The second-order valence-electron chi connectivity index (χ2n) is 7.52. The highest BCUT2D eigenvalue weighted by Crippen LogP contribution is 2.37. The summed E-state index contributed by atoms with van der Waals surface area (Å²) in [6.45, 7) is 5.00. The molecule has 7 heteroatoms. The van der Waals surface area contributed by atoms with E-state index in [1.54, 1.807) is 24.9 Å². The van der Waals surface area contributed by atoms with Gasteiger partial charge in [-0.15, -0.1) is 0 Å². The molecule has 4 aromatic rings. The summed E-state index contributed by atoms with van der Waals surface area (Å²) in [5.74, 6) is 1.96. The Hall–Kier alpha value is -3.48. The zero-order chi connectivity index (χ0) is 20.7. The van der Waals surface area contributed by atoms with Crippen LogP contribution in [0, 0.1) is 13.8 Å². The molecule has 1 fully saturated rings. The second-order valence-corrected chi connectivity index (χ2v) is 7.52. The van der Waals surface area contributed by atoms with Crippen LogP contribution in [0.3, 0.4) is 0 Å². The van der Waals surface area contributed by atoms with Gasteiger partial charge in [0.1, 0.15) is 29.6 Å². The van der Waals surface area contributed by atoms with Crippen LogP contribution in [-0.4, -0.2) is 34.2 Å². The number of hydrogen-bond acceptors (Lipinski definition) is 6. The molecule has 3 aromatic heterocycles. The molecule has 30 heavy (non-hydrogen) atoms. The third-order valence-corrected chi connectivity index (χ3v) is 5.47. The molecule has 0 N–H and O–H groups in total. The number of ether oxygens (including phenoxy) is 1. The molecule has 0 radical (unpaired) electrons. The number of aromatic nitrogens is 3. The number of fused-ring (bicyclic) bond motifs is 1. The maximum Gasteiger partial charge on any atom is 0.230 e. The lowest BCUT2D eigenvalue weighted by molar-refractivity contribution is 0.364. The van der Waals surface area contributed by atoms with Crippen LogP contribution in [0.2, 0.25) is 0 Å². The molecule has 5 rings (SSSR count). The zero-order valence-corrected chi connectivity index (χ0v) is 16.8. The number of anilines is 1. The average Bonchev–Trinajstić information content (AvgIpc) is 3.38. The molecule has 6 nitrogen and oxygen atoms in total. The van der Waals surface area contributed by atoms with Crippen molar-refractivity contribution in [3.05, 3.63) is 60.4 Å². The maximum atomic E-state index is 13.8. The van der Waals surface area contributed by atoms with Crippen LogP contribution >= 0.6 is 0 Å². The highest BCUT2D eigenvalue weighted by molar-refractivity contribution is 5.83. The Morgan fingerprint density at radius 2 is 2.03 bits per heavy atom. The van der Waals surface area contributed by atoms with Gasteiger partial charge < -0.3 is 14.1 Å². The highest BCUT2D eigenvalue weighted by atomic mass is 19.1. The molecule has 1 aliphatic heterocycles. The summed E-state index contributed by atoms with van der Waals surface area (Å²) in [6, 6.07) is 9.51. The number of aryl methyl sites for hydroxylation is 2. The minimum absolute atomic E-state index is 0.365. The number of benzene rings is 1. The van der Waals surface area contributed by atoms with Crippen molar-refractivity contribution in [3.63, 3.8) is 0 Å². The van der Waals surface area contributed by atoms with Crippen molar-refractivity contribution in [3.8, 4) is 22.8 Å². The first-order valence-corrected chi connectivity index (χ1v) is 9.92. The van der Waals surface area contributed by atoms with Crippen molar-refractivity contribution in [1.29, 1.82) is 0 Å². The largest absolute Gasteiger partial charge is 0.464 e. The molecule has 1 atom stereocenters. The summed E-state index contributed by atoms with van der Waals surface area (Å²) in [5, 5.41) is 0.823. The molecule has 0 bridgehead atoms. The lowest BCUT2D eigenvalue weighted by Gasteiger charge is -2.22. The molecular formula is C23H21FN4O2. The highest BCUT2D eigenvalue weighted by Gasteiger charge is 2.26. The van der Waals surface area contributed by atoms with Gasteiger partial charge in [0.25, 0.3) is 0 Å². The van der Waals surface area contributed by atoms with Crippen LogP contribution in [0.15, 0.2) is 53.5 Å². The third-order valence-electron chi connectivity index (χ3n) is 5.47. The molecule has 1 aromatic carbocycles. The summed E-state index contributed by atoms with van der Waals surface area (Å²) in [5.41, 5.74) is 4.55. The normalized spacial score (nSPS) is 16.4. The number of hydrogen-bond donors (Lipinski definition) is 0. The van der Waals surface area contributed by atoms with Gasteiger partial charge in [0.05, 0.1) is 23.9 Å². The lowest BCUT2D eigenvalue weighted by Crippen LogP contribution is -2.22. The fourth-order valence-corrected chi connectivity index (χ4v) is 3.97. The summed E-state index contributed by atoms with van der Waals surface area (Å²) in [7, 11) is 0. The van der Waals surface area contributed by atoms with Gasteiger partial charge in [0.15, 0.2) is 0 Å². The van der Waals surface area contributed by atoms with Crippen LogP contribution in [-0.2, 0) is 0 Å². The smallest absolute Gasteiger partial charge is 0.230 e. The van der Waals surface area contributed by atoms with Gasteiger partial charge in [0, 0.05) is 18.3 Å². The van der Waals surface area contributed by atoms with E-state index in [4.69, 9.17) is 9.15 Å². The van der Waals surface area contributed by atoms with E-state index in [2.05, 4.69) is 15.0 Å². The number of furan rings is 1. The molecule has 0 amide bonds. The molecule has 152 valence electrons. The van der Waals surface area contributed by atoms with E-state index in [0.29, 0.717) is 31.1 Å². The minimum atomic E-state index is -0.817. The van der Waals surface area contributed by atoms with Gasteiger partial charge in [-0.1, -0.05) is 6.07 Å². The van der Waals surface area contributed by atoms with Crippen LogP contribution in [0.5, 0.6) is 11.6 Å². The predicted octanol–water partition coefficient (Wildman–Crippen LogP) is 5.24. The molecule has 1 saturated heterocycles. The number of pyridine rings is 1. The fourth-order valence-electron chi connectivity index (χ4n) is 3.97. The number of halogens is 1. The molecule has 4 heterocycles.